The average Bonchev–Trinajstić information content (AvgIpc) is 2.73. The van der Waals surface area contributed by atoms with E-state index < -0.39 is 0 Å². The van der Waals surface area contributed by atoms with Gasteiger partial charge in [0.2, 0.25) is 0 Å². The molecule has 0 N–H and O–H groups in total. The Hall–Kier alpha value is -1.65. The van der Waals surface area contributed by atoms with Crippen molar-refractivity contribution < 1.29 is 14.3 Å². The number of aromatic nitrogens is 2. The number of rotatable bonds is 8. The molecule has 0 amide bonds. The molecule has 100 valence electrons. The van der Waals surface area contributed by atoms with Crippen molar-refractivity contribution in [2.75, 3.05) is 6.61 Å². The number of hydrogen-bond donors (Lipinski definition) is 0. The number of carbonyl (C=O) groups excluding carboxylic acids is 2. The van der Waals surface area contributed by atoms with E-state index in [4.69, 9.17) is 4.74 Å². The first-order valence-corrected chi connectivity index (χ1v) is 6.27. The number of esters is 1. The van der Waals surface area contributed by atoms with Gasteiger partial charge in [-0.25, -0.2) is 4.98 Å². The minimum absolute atomic E-state index is 0.109. The van der Waals surface area contributed by atoms with E-state index in [2.05, 4.69) is 4.98 Å². The van der Waals surface area contributed by atoms with Gasteiger partial charge in [0, 0.05) is 38.7 Å². The lowest BCUT2D eigenvalue weighted by molar-refractivity contribution is -0.144. The van der Waals surface area contributed by atoms with Crippen LogP contribution in [0.2, 0.25) is 0 Å². The summed E-state index contributed by atoms with van der Waals surface area (Å²) in [5.74, 6) is 0.792. The fourth-order valence-electron chi connectivity index (χ4n) is 1.68. The van der Waals surface area contributed by atoms with Crippen LogP contribution in [-0.2, 0) is 27.8 Å². The summed E-state index contributed by atoms with van der Waals surface area (Å²) in [7, 11) is 1.94. The Bertz CT molecular complexity index is 399. The summed E-state index contributed by atoms with van der Waals surface area (Å²) in [5, 5.41) is 0. The van der Waals surface area contributed by atoms with Crippen molar-refractivity contribution in [3.05, 3.63) is 18.2 Å². The van der Waals surface area contributed by atoms with E-state index in [1.165, 1.54) is 0 Å². The zero-order valence-corrected chi connectivity index (χ0v) is 11.0. The monoisotopic (exact) mass is 252 g/mol. The van der Waals surface area contributed by atoms with Gasteiger partial charge in [0.1, 0.15) is 11.6 Å². The Morgan fingerprint density at radius 2 is 2.11 bits per heavy atom. The van der Waals surface area contributed by atoms with Gasteiger partial charge in [0.05, 0.1) is 13.0 Å². The van der Waals surface area contributed by atoms with Crippen molar-refractivity contribution in [2.24, 2.45) is 7.05 Å². The Balaban J connectivity index is 2.14. The molecule has 0 aliphatic carbocycles. The molecule has 0 aliphatic heterocycles. The third kappa shape index (κ3) is 5.12. The summed E-state index contributed by atoms with van der Waals surface area (Å²) in [5.41, 5.74) is 0. The van der Waals surface area contributed by atoms with Gasteiger partial charge in [-0.3, -0.25) is 9.59 Å². The van der Waals surface area contributed by atoms with Crippen LogP contribution in [0.1, 0.15) is 38.4 Å². The molecule has 5 heteroatoms. The predicted molar refractivity (Wildman–Crippen MR) is 67.0 cm³/mol. The predicted octanol–water partition coefficient (Wildman–Crippen LogP) is 1.66. The molecule has 1 aromatic rings. The van der Waals surface area contributed by atoms with Gasteiger partial charge in [-0.15, -0.1) is 0 Å². The lowest BCUT2D eigenvalue weighted by atomic mass is 10.1. The van der Waals surface area contributed by atoms with E-state index in [9.17, 15) is 9.59 Å². The maximum Gasteiger partial charge on any atom is 0.306 e. The number of carbonyl (C=O) groups is 2. The van der Waals surface area contributed by atoms with Gasteiger partial charge in [-0.05, 0) is 13.3 Å². The zero-order chi connectivity index (χ0) is 13.4. The normalized spacial score (nSPS) is 10.3. The zero-order valence-electron chi connectivity index (χ0n) is 11.0. The van der Waals surface area contributed by atoms with E-state index in [1.54, 1.807) is 13.1 Å². The fraction of sp³-hybridized carbons (Fsp3) is 0.615. The van der Waals surface area contributed by atoms with Crippen molar-refractivity contribution in [1.82, 2.24) is 9.55 Å². The molecule has 0 fully saturated rings. The molecule has 0 spiro atoms. The summed E-state index contributed by atoms with van der Waals surface area (Å²) in [6.45, 7) is 2.12. The number of ether oxygens (including phenoxy) is 1. The number of nitrogens with zero attached hydrogens (tertiary/aromatic N) is 2. The van der Waals surface area contributed by atoms with Crippen molar-refractivity contribution in [3.63, 3.8) is 0 Å². The van der Waals surface area contributed by atoms with E-state index in [0.29, 0.717) is 13.0 Å². The second kappa shape index (κ2) is 7.63. The minimum Gasteiger partial charge on any atom is -0.466 e. The molecule has 0 radical (unpaired) electrons. The first kappa shape index (κ1) is 14.4. The first-order valence-electron chi connectivity index (χ1n) is 6.27. The van der Waals surface area contributed by atoms with E-state index in [0.717, 1.165) is 18.7 Å². The maximum absolute atomic E-state index is 11.5. The van der Waals surface area contributed by atoms with Crippen LogP contribution < -0.4 is 0 Å². The van der Waals surface area contributed by atoms with E-state index >= 15 is 0 Å². The van der Waals surface area contributed by atoms with E-state index in [1.807, 2.05) is 17.8 Å². The Labute approximate surface area is 107 Å². The second-order valence-electron chi connectivity index (χ2n) is 4.15. The molecule has 1 heterocycles. The van der Waals surface area contributed by atoms with Gasteiger partial charge >= 0.3 is 5.97 Å². The van der Waals surface area contributed by atoms with Gasteiger partial charge in [0.25, 0.3) is 0 Å². The van der Waals surface area contributed by atoms with Crippen LogP contribution in [0.4, 0.5) is 0 Å². The third-order valence-corrected chi connectivity index (χ3v) is 2.69. The Kier molecular flexibility index (Phi) is 6.11. The van der Waals surface area contributed by atoms with Gasteiger partial charge in [-0.1, -0.05) is 0 Å². The molecule has 0 bridgehead atoms. The number of imidazole rings is 1. The highest BCUT2D eigenvalue weighted by atomic mass is 16.5. The largest absolute Gasteiger partial charge is 0.466 e. The number of hydrogen-bond acceptors (Lipinski definition) is 4. The molecular formula is C13H20N2O3. The van der Waals surface area contributed by atoms with Crippen LogP contribution in [0.5, 0.6) is 0 Å². The average molecular weight is 252 g/mol. The molecule has 5 nitrogen and oxygen atoms in total. The molecule has 0 saturated heterocycles. The van der Waals surface area contributed by atoms with E-state index in [-0.39, 0.29) is 24.6 Å². The van der Waals surface area contributed by atoms with Gasteiger partial charge in [0.15, 0.2) is 0 Å². The SMILES string of the molecule is CCOC(=O)CCC(=O)CCCc1nccn1C. The summed E-state index contributed by atoms with van der Waals surface area (Å²) < 4.78 is 6.71. The molecule has 1 rings (SSSR count). The summed E-state index contributed by atoms with van der Waals surface area (Å²) in [6, 6.07) is 0. The molecule has 0 saturated carbocycles. The number of Topliss-reactive ketones (excluding diaryl/α,β-unsaturated/α-hetero) is 1. The smallest absolute Gasteiger partial charge is 0.306 e. The van der Waals surface area contributed by atoms with Crippen LogP contribution in [0.15, 0.2) is 12.4 Å². The fourth-order valence-corrected chi connectivity index (χ4v) is 1.68. The van der Waals surface area contributed by atoms with Crippen LogP contribution in [-0.4, -0.2) is 27.9 Å². The highest BCUT2D eigenvalue weighted by molar-refractivity contribution is 5.82. The standard InChI is InChI=1S/C13H20N2O3/c1-3-18-13(17)8-7-11(16)5-4-6-12-14-9-10-15(12)2/h9-10H,3-8H2,1-2H3. The third-order valence-electron chi connectivity index (χ3n) is 2.69. The highest BCUT2D eigenvalue weighted by Crippen LogP contribution is 2.05. The molecule has 1 aromatic heterocycles. The maximum atomic E-state index is 11.5. The van der Waals surface area contributed by atoms with Crippen LogP contribution in [0.3, 0.4) is 0 Å². The van der Waals surface area contributed by atoms with Crippen molar-refractivity contribution in [1.29, 1.82) is 0 Å². The molecule has 0 aromatic carbocycles. The lowest BCUT2D eigenvalue weighted by Crippen LogP contribution is -2.08. The Morgan fingerprint density at radius 3 is 2.72 bits per heavy atom. The van der Waals surface area contributed by atoms with Crippen LogP contribution >= 0.6 is 0 Å². The molecule has 0 unspecified atom stereocenters. The van der Waals surface area contributed by atoms with Crippen molar-refractivity contribution in [3.8, 4) is 0 Å². The highest BCUT2D eigenvalue weighted by Gasteiger charge is 2.08. The van der Waals surface area contributed by atoms with Gasteiger partial charge in [-0.2, -0.15) is 0 Å². The summed E-state index contributed by atoms with van der Waals surface area (Å²) in [6.07, 6.45) is 6.15. The minimum atomic E-state index is -0.296. The second-order valence-corrected chi connectivity index (χ2v) is 4.15. The molecule has 18 heavy (non-hydrogen) atoms. The number of aryl methyl sites for hydroxylation is 2. The summed E-state index contributed by atoms with van der Waals surface area (Å²) >= 11 is 0. The number of ketones is 1. The van der Waals surface area contributed by atoms with Gasteiger partial charge < -0.3 is 9.30 Å². The Morgan fingerprint density at radius 1 is 1.33 bits per heavy atom. The summed E-state index contributed by atoms with van der Waals surface area (Å²) in [4.78, 5) is 26.8. The molecule has 0 atom stereocenters. The van der Waals surface area contributed by atoms with Crippen molar-refractivity contribution in [2.45, 2.75) is 39.0 Å². The molecular weight excluding hydrogens is 232 g/mol. The lowest BCUT2D eigenvalue weighted by Gasteiger charge is -2.02. The van der Waals surface area contributed by atoms with Crippen LogP contribution in [0, 0.1) is 0 Å². The first-order chi connectivity index (χ1) is 8.63. The molecule has 0 aliphatic rings. The van der Waals surface area contributed by atoms with Crippen LogP contribution in [0.25, 0.3) is 0 Å². The van der Waals surface area contributed by atoms with Crippen molar-refractivity contribution >= 4 is 11.8 Å². The topological polar surface area (TPSA) is 61.2 Å². The quantitative estimate of drug-likeness (QED) is 0.660.